The molecule has 1 atom stereocenters. The number of esters is 1. The Hall–Kier alpha value is -3.70. The zero-order chi connectivity index (χ0) is 62.7. The third-order valence-corrected chi connectivity index (χ3v) is 11.7. The summed E-state index contributed by atoms with van der Waals surface area (Å²) in [6, 6.07) is 0. The molecule has 0 aliphatic rings. The summed E-state index contributed by atoms with van der Waals surface area (Å²) in [5.74, 6) is -146. The van der Waals surface area contributed by atoms with Crippen molar-refractivity contribution in [3.05, 3.63) is 12.2 Å². The van der Waals surface area contributed by atoms with Crippen molar-refractivity contribution in [1.82, 2.24) is 0 Å². The van der Waals surface area contributed by atoms with Crippen LogP contribution < -0.4 is 0 Å². The normalized spacial score (nSPS) is 16.1. The molecule has 38 heteroatoms. The molecule has 0 heterocycles. The van der Waals surface area contributed by atoms with Gasteiger partial charge in [0.1, 0.15) is 0 Å². The van der Waals surface area contributed by atoms with Crippen LogP contribution in [0.5, 0.6) is 0 Å². The first-order valence-corrected chi connectivity index (χ1v) is 21.8. The molecule has 0 rings (SSSR count). The van der Waals surface area contributed by atoms with E-state index in [1.165, 1.54) is 0 Å². The molecular weight excluding hydrogens is 1190 g/mol. The fourth-order valence-corrected chi connectivity index (χ4v) is 6.66. The van der Waals surface area contributed by atoms with Crippen LogP contribution in [0.15, 0.2) is 12.2 Å². The highest BCUT2D eigenvalue weighted by molar-refractivity contribution is 5.81. The average molecular weight is 1230 g/mol. The fraction of sp³-hybridized carbons (Fsp3) is 0.900. The van der Waals surface area contributed by atoms with Crippen molar-refractivity contribution in [2.24, 2.45) is 5.92 Å². The summed E-state index contributed by atoms with van der Waals surface area (Å²) in [4.78, 5) is 24.3. The van der Waals surface area contributed by atoms with Gasteiger partial charge in [-0.25, -0.2) is 0 Å². The van der Waals surface area contributed by atoms with Gasteiger partial charge in [-0.2, -0.15) is 149 Å². The van der Waals surface area contributed by atoms with Crippen LogP contribution in [0.4, 0.5) is 149 Å². The summed E-state index contributed by atoms with van der Waals surface area (Å²) < 4.78 is 485. The number of hydrogen-bond donors (Lipinski definition) is 1. The Labute approximate surface area is 416 Å². The number of hydrogen-bond acceptors (Lipinski definition) is 3. The predicted molar refractivity (Wildman–Crippen MR) is 196 cm³/mol. The minimum Gasteiger partial charge on any atom is -0.481 e. The molecule has 0 saturated carbocycles. The second-order valence-corrected chi connectivity index (χ2v) is 17.5. The molecule has 0 spiro atoms. The minimum absolute atomic E-state index is 0.117. The second-order valence-electron chi connectivity index (χ2n) is 17.5. The summed E-state index contributed by atoms with van der Waals surface area (Å²) in [7, 11) is 0. The van der Waals surface area contributed by atoms with Gasteiger partial charge in [-0.05, 0) is 19.8 Å². The van der Waals surface area contributed by atoms with Crippen LogP contribution in [-0.2, 0) is 14.3 Å². The highest BCUT2D eigenvalue weighted by Crippen LogP contribution is 2.70. The van der Waals surface area contributed by atoms with Crippen LogP contribution in [0.25, 0.3) is 0 Å². The van der Waals surface area contributed by atoms with Crippen molar-refractivity contribution < 1.29 is 169 Å². The van der Waals surface area contributed by atoms with Gasteiger partial charge < -0.3 is 9.84 Å². The molecule has 1 N–H and O–H groups in total. The number of ether oxygens (including phenoxy) is 1. The predicted octanol–water partition coefficient (Wildman–Crippen LogP) is 17.8. The number of halogens is 34. The Kier molecular flexibility index (Phi) is 22.9. The summed E-state index contributed by atoms with van der Waals surface area (Å²) in [5.41, 5.74) is -8.45. The number of allylic oxidation sites excluding steroid dienone is 1. The summed E-state index contributed by atoms with van der Waals surface area (Å²) >= 11 is 0. The molecule has 1 unspecified atom stereocenters. The van der Waals surface area contributed by atoms with E-state index in [9.17, 15) is 124 Å². The number of alkyl halides is 34. The van der Waals surface area contributed by atoms with Crippen LogP contribution in [0, 0.1) is 5.92 Å². The first-order valence-electron chi connectivity index (χ1n) is 21.8. The highest BCUT2D eigenvalue weighted by Gasteiger charge is 3.01. The van der Waals surface area contributed by atoms with Gasteiger partial charge >= 0.3 is 107 Å². The van der Waals surface area contributed by atoms with Gasteiger partial charge in [-0.1, -0.05) is 103 Å². The van der Waals surface area contributed by atoms with Crippen molar-refractivity contribution in [3.63, 3.8) is 0 Å². The van der Waals surface area contributed by atoms with Gasteiger partial charge in [0, 0.05) is 0 Å². The van der Waals surface area contributed by atoms with Crippen molar-refractivity contribution in [1.29, 1.82) is 0 Å². The summed E-state index contributed by atoms with van der Waals surface area (Å²) in [5, 5.41) is 9.08. The lowest BCUT2D eigenvalue weighted by Crippen LogP contribution is -2.82. The lowest BCUT2D eigenvalue weighted by molar-refractivity contribution is -0.486. The molecule has 464 valence electrons. The van der Waals surface area contributed by atoms with Crippen molar-refractivity contribution in [2.75, 3.05) is 0 Å². The maximum Gasteiger partial charge on any atom is 0.460 e. The van der Waals surface area contributed by atoms with Gasteiger partial charge in [-0.3, -0.25) is 9.59 Å². The van der Waals surface area contributed by atoms with Crippen molar-refractivity contribution >= 4 is 11.9 Å². The zero-order valence-electron chi connectivity index (χ0n) is 39.1. The Morgan fingerprint density at radius 1 is 0.359 bits per heavy atom. The molecule has 0 aromatic carbocycles. The van der Waals surface area contributed by atoms with Crippen LogP contribution in [0.2, 0.25) is 0 Å². The van der Waals surface area contributed by atoms with Crippen LogP contribution in [-0.4, -0.2) is 118 Å². The lowest BCUT2D eigenvalue weighted by Gasteiger charge is -2.50. The van der Waals surface area contributed by atoms with E-state index < -0.39 is 138 Å². The van der Waals surface area contributed by atoms with E-state index in [1.807, 2.05) is 6.92 Å². The molecule has 0 radical (unpaired) electrons. The van der Waals surface area contributed by atoms with Gasteiger partial charge in [0.2, 0.25) is 5.60 Å². The molecule has 0 aromatic heterocycles. The van der Waals surface area contributed by atoms with E-state index in [0.29, 0.717) is 25.3 Å². The Morgan fingerprint density at radius 3 is 0.808 bits per heavy atom. The largest absolute Gasteiger partial charge is 0.481 e. The molecule has 0 amide bonds. The van der Waals surface area contributed by atoms with E-state index in [-0.39, 0.29) is 18.9 Å². The van der Waals surface area contributed by atoms with E-state index in [2.05, 4.69) is 4.74 Å². The van der Waals surface area contributed by atoms with Gasteiger partial charge in [0.05, 0.1) is 12.3 Å². The van der Waals surface area contributed by atoms with Gasteiger partial charge in [0.15, 0.2) is 0 Å². The zero-order valence-corrected chi connectivity index (χ0v) is 39.1. The molecule has 0 aliphatic heterocycles. The average Bonchev–Trinajstić information content (AvgIpc) is 3.26. The van der Waals surface area contributed by atoms with E-state index in [0.717, 1.165) is 57.8 Å². The first kappa shape index (κ1) is 74.3. The number of carbonyl (C=O) groups excluding carboxylic acids is 1. The Bertz CT molecular complexity index is 1890. The van der Waals surface area contributed by atoms with Crippen LogP contribution >= 0.6 is 0 Å². The maximum absolute atomic E-state index is 15.8. The monoisotopic (exact) mass is 1230 g/mol. The Morgan fingerprint density at radius 2 is 0.577 bits per heavy atom. The number of carbonyl (C=O) groups is 2. The van der Waals surface area contributed by atoms with Gasteiger partial charge in [0.25, 0.3) is 0 Å². The quantitative estimate of drug-likeness (QED) is 0.0302. The summed E-state index contributed by atoms with van der Waals surface area (Å²) in [6.45, 7) is -0.572. The van der Waals surface area contributed by atoms with Crippen LogP contribution in [0.1, 0.15) is 117 Å². The molecule has 0 saturated heterocycles. The van der Waals surface area contributed by atoms with Crippen molar-refractivity contribution in [2.45, 2.75) is 217 Å². The number of unbranched alkanes of at least 4 members (excludes halogenated alkanes) is 14. The topological polar surface area (TPSA) is 63.6 Å². The molecular formula is C40H42F34O4. The third kappa shape index (κ3) is 12.5. The maximum atomic E-state index is 15.8. The first-order chi connectivity index (χ1) is 34.3. The fourth-order valence-electron chi connectivity index (χ4n) is 6.66. The van der Waals surface area contributed by atoms with Crippen molar-refractivity contribution in [3.8, 4) is 0 Å². The number of rotatable bonds is 34. The SMILES string of the molecule is CCCCCCCCCCCCCCCCC=CC(CC(=O)O)C(=O)OC(C)(C(F)(F)C(F)(F)C(F)(F)C(F)(F)C(F)(F)C(F)(F)C(F)(F)C(F)(F)F)C(F)(F)C(F)(F)C(F)(F)C(F)(F)C(F)(F)C(F)(F)C(F)(F)C(F)(F)F. The van der Waals surface area contributed by atoms with E-state index in [1.54, 1.807) is 0 Å². The summed E-state index contributed by atoms with van der Waals surface area (Å²) in [6.07, 6.45) is -9.91. The number of carboxylic acid groups (broad SMARTS) is 1. The lowest BCUT2D eigenvalue weighted by atomic mass is 9.76. The smallest absolute Gasteiger partial charge is 0.460 e. The third-order valence-electron chi connectivity index (χ3n) is 11.7. The van der Waals surface area contributed by atoms with Gasteiger partial charge in [-0.15, -0.1) is 0 Å². The molecule has 0 fully saturated rings. The molecule has 0 aliphatic carbocycles. The number of aliphatic carboxylic acids is 1. The second kappa shape index (κ2) is 24.0. The van der Waals surface area contributed by atoms with E-state index >= 15 is 35.1 Å². The molecule has 0 aromatic rings. The van der Waals surface area contributed by atoms with E-state index in [4.69, 9.17) is 5.11 Å². The molecule has 4 nitrogen and oxygen atoms in total. The molecule has 0 bridgehead atoms. The molecule has 78 heavy (non-hydrogen) atoms. The minimum atomic E-state index is -10.0. The Balaban J connectivity index is 8.01. The number of carboxylic acids is 1. The van der Waals surface area contributed by atoms with Crippen LogP contribution in [0.3, 0.4) is 0 Å². The highest BCUT2D eigenvalue weighted by atomic mass is 19.4. The standard InChI is InChI=1S/C40H42F34O4/c1-3-4-5-6-7-8-9-10-11-12-13-14-15-16-17-18-19-21(20-22(75)76)23(77)78-24(2,25(41,42)27(45,46)29(49,50)31(53,54)33(57,58)35(61,62)37(65,66)39(69,70)71)26(43,44)28(47,48)30(51,52)32(55,56)34(59,60)36(63,64)38(67,68)40(72,73)74/h18-19,21H,3-17,20H2,1-2H3,(H,75,76).